The summed E-state index contributed by atoms with van der Waals surface area (Å²) in [5.74, 6) is -1.47. The van der Waals surface area contributed by atoms with Gasteiger partial charge in [-0.15, -0.1) is 0 Å². The van der Waals surface area contributed by atoms with Gasteiger partial charge in [-0.05, 0) is 24.3 Å². The summed E-state index contributed by atoms with van der Waals surface area (Å²) in [7, 11) is 0. The molecule has 0 aliphatic heterocycles. The molecule has 0 aliphatic carbocycles. The lowest BCUT2D eigenvalue weighted by Crippen LogP contribution is -2.19. The summed E-state index contributed by atoms with van der Waals surface area (Å²) in [4.78, 5) is 26.3. The molecule has 0 unspecified atom stereocenters. The second-order valence-corrected chi connectivity index (χ2v) is 2.89. The lowest BCUT2D eigenvalue weighted by molar-refractivity contribution is -0.151. The van der Waals surface area contributed by atoms with Crippen LogP contribution >= 0.6 is 0 Å². The van der Waals surface area contributed by atoms with Crippen molar-refractivity contribution in [1.82, 2.24) is 0 Å². The predicted molar refractivity (Wildman–Crippen MR) is 55.9 cm³/mol. The van der Waals surface area contributed by atoms with Crippen LogP contribution in [0, 0.1) is 0 Å². The molecule has 0 aliphatic rings. The van der Waals surface area contributed by atoms with Crippen molar-refractivity contribution in [3.63, 3.8) is 0 Å². The summed E-state index contributed by atoms with van der Waals surface area (Å²) in [6, 6.07) is 6.58. The van der Waals surface area contributed by atoms with Gasteiger partial charge in [0, 0.05) is 12.1 Å². The molecule has 0 aromatic heterocycles. The number of carbonyl (C=O) groups excluding carboxylic acids is 2. The second kappa shape index (κ2) is 4.99. The Balaban J connectivity index is 2.47. The van der Waals surface area contributed by atoms with Gasteiger partial charge in [-0.25, -0.2) is 10.3 Å². The molecular formula is C10H12N2O3. The van der Waals surface area contributed by atoms with Crippen LogP contribution in [0.5, 0.6) is 0 Å². The fourth-order valence-corrected chi connectivity index (χ4v) is 0.858. The summed E-state index contributed by atoms with van der Waals surface area (Å²) in [5.41, 5.74) is 8.99. The monoisotopic (exact) mass is 208 g/mol. The Morgan fingerprint density at radius 2 is 1.93 bits per heavy atom. The number of ketones is 1. The fourth-order valence-electron chi connectivity index (χ4n) is 0.858. The normalized spacial score (nSPS) is 9.40. The van der Waals surface area contributed by atoms with Crippen molar-refractivity contribution in [2.24, 2.45) is 0 Å². The zero-order valence-electron chi connectivity index (χ0n) is 8.32. The van der Waals surface area contributed by atoms with Gasteiger partial charge in [0.2, 0.25) is 5.78 Å². The molecule has 1 aromatic rings. The Hall–Kier alpha value is -2.04. The van der Waals surface area contributed by atoms with Crippen LogP contribution in [0.3, 0.4) is 0 Å². The molecule has 1 rings (SSSR count). The topological polar surface area (TPSA) is 81.4 Å². The molecule has 0 spiro atoms. The largest absolute Gasteiger partial charge is 0.399 e. The number of nitrogens with one attached hydrogen (secondary N) is 1. The maximum Gasteiger partial charge on any atom is 0.398 e. The van der Waals surface area contributed by atoms with E-state index in [1.807, 2.05) is 0 Å². The Labute approximate surface area is 87.2 Å². The molecule has 0 saturated carbocycles. The van der Waals surface area contributed by atoms with Gasteiger partial charge in [-0.1, -0.05) is 6.92 Å². The fraction of sp³-hybridized carbons (Fsp3) is 0.200. The molecule has 3 N–H and O–H groups in total. The first-order valence-electron chi connectivity index (χ1n) is 4.49. The first-order chi connectivity index (χ1) is 7.13. The molecule has 0 saturated heterocycles. The van der Waals surface area contributed by atoms with E-state index in [1.165, 1.54) is 0 Å². The Morgan fingerprint density at radius 1 is 1.33 bits per heavy atom. The van der Waals surface area contributed by atoms with E-state index in [-0.39, 0.29) is 6.42 Å². The van der Waals surface area contributed by atoms with Crippen LogP contribution in [0.1, 0.15) is 13.3 Å². The summed E-state index contributed by atoms with van der Waals surface area (Å²) in [6.07, 6.45) is 0.127. The van der Waals surface area contributed by atoms with Crippen LogP contribution in [0.25, 0.3) is 0 Å². The molecule has 0 amide bonds. The van der Waals surface area contributed by atoms with Gasteiger partial charge in [-0.2, -0.15) is 0 Å². The predicted octanol–water partition coefficient (Wildman–Crippen LogP) is 1.12. The molecule has 0 radical (unpaired) electrons. The maximum atomic E-state index is 11.0. The lowest BCUT2D eigenvalue weighted by atomic mass is 10.3. The van der Waals surface area contributed by atoms with Crippen molar-refractivity contribution in [1.29, 1.82) is 0 Å². The zero-order chi connectivity index (χ0) is 11.3. The summed E-state index contributed by atoms with van der Waals surface area (Å²) in [5, 5.41) is 0. The molecule has 5 heteroatoms. The molecular weight excluding hydrogens is 196 g/mol. The van der Waals surface area contributed by atoms with Gasteiger partial charge >= 0.3 is 5.97 Å². The number of hydrogen-bond acceptors (Lipinski definition) is 5. The first-order valence-corrected chi connectivity index (χ1v) is 4.49. The third-order valence-electron chi connectivity index (χ3n) is 1.72. The van der Waals surface area contributed by atoms with Gasteiger partial charge in [0.1, 0.15) is 0 Å². The first kappa shape index (κ1) is 11.0. The van der Waals surface area contributed by atoms with Gasteiger partial charge in [-0.3, -0.25) is 4.79 Å². The molecule has 5 nitrogen and oxygen atoms in total. The van der Waals surface area contributed by atoms with Crippen LogP contribution in [0.15, 0.2) is 24.3 Å². The number of carbonyl (C=O) groups is 2. The van der Waals surface area contributed by atoms with Crippen molar-refractivity contribution in [2.45, 2.75) is 13.3 Å². The summed E-state index contributed by atoms with van der Waals surface area (Å²) in [6.45, 7) is 1.59. The van der Waals surface area contributed by atoms with E-state index in [0.29, 0.717) is 11.4 Å². The van der Waals surface area contributed by atoms with Crippen molar-refractivity contribution in [3.8, 4) is 0 Å². The molecule has 15 heavy (non-hydrogen) atoms. The Kier molecular flexibility index (Phi) is 3.68. The van der Waals surface area contributed by atoms with Crippen LogP contribution in [-0.4, -0.2) is 11.8 Å². The molecule has 0 heterocycles. The zero-order valence-corrected chi connectivity index (χ0v) is 8.32. The van der Waals surface area contributed by atoms with E-state index in [0.717, 1.165) is 0 Å². The standard InChI is InChI=1S/C10H12N2O3/c1-2-9(13)10(14)15-12-8-5-3-7(11)4-6-8/h3-6,12H,2,11H2,1H3. The molecule has 0 atom stereocenters. The highest BCUT2D eigenvalue weighted by molar-refractivity contribution is 6.33. The smallest absolute Gasteiger partial charge is 0.398 e. The number of nitrogens with two attached hydrogens (primary N) is 1. The van der Waals surface area contributed by atoms with Gasteiger partial charge in [0.25, 0.3) is 0 Å². The third-order valence-corrected chi connectivity index (χ3v) is 1.72. The van der Waals surface area contributed by atoms with Crippen molar-refractivity contribution >= 4 is 23.1 Å². The second-order valence-electron chi connectivity index (χ2n) is 2.89. The summed E-state index contributed by atoms with van der Waals surface area (Å²) >= 11 is 0. The highest BCUT2D eigenvalue weighted by Crippen LogP contribution is 2.10. The van der Waals surface area contributed by atoms with Crippen molar-refractivity contribution in [3.05, 3.63) is 24.3 Å². The van der Waals surface area contributed by atoms with E-state index in [1.54, 1.807) is 31.2 Å². The van der Waals surface area contributed by atoms with Gasteiger partial charge in [0.15, 0.2) is 0 Å². The highest BCUT2D eigenvalue weighted by Gasteiger charge is 2.12. The van der Waals surface area contributed by atoms with Gasteiger partial charge < -0.3 is 10.6 Å². The molecule has 1 aromatic carbocycles. The Bertz CT molecular complexity index is 359. The van der Waals surface area contributed by atoms with E-state index in [9.17, 15) is 9.59 Å². The van der Waals surface area contributed by atoms with E-state index in [4.69, 9.17) is 5.73 Å². The van der Waals surface area contributed by atoms with E-state index in [2.05, 4.69) is 10.3 Å². The minimum Gasteiger partial charge on any atom is -0.399 e. The van der Waals surface area contributed by atoms with Gasteiger partial charge in [0.05, 0.1) is 5.69 Å². The quantitative estimate of drug-likeness (QED) is 0.440. The lowest BCUT2D eigenvalue weighted by Gasteiger charge is -2.05. The average Bonchev–Trinajstić information content (AvgIpc) is 2.26. The average molecular weight is 208 g/mol. The van der Waals surface area contributed by atoms with E-state index >= 15 is 0 Å². The van der Waals surface area contributed by atoms with Crippen LogP contribution in [0.4, 0.5) is 11.4 Å². The van der Waals surface area contributed by atoms with E-state index < -0.39 is 11.8 Å². The number of hydrogen-bond donors (Lipinski definition) is 2. The number of Topliss-reactive ketones (excluding diaryl/α,β-unsaturated/α-hetero) is 1. The highest BCUT2D eigenvalue weighted by atomic mass is 16.7. The third kappa shape index (κ3) is 3.30. The summed E-state index contributed by atoms with van der Waals surface area (Å²) < 4.78 is 0. The Morgan fingerprint density at radius 3 is 2.47 bits per heavy atom. The van der Waals surface area contributed by atoms with Crippen LogP contribution < -0.4 is 11.2 Å². The molecule has 0 bridgehead atoms. The molecule has 80 valence electrons. The SMILES string of the molecule is CCC(=O)C(=O)ONc1ccc(N)cc1. The number of anilines is 2. The number of nitrogen functional groups attached to an aromatic ring is 1. The number of rotatable bonds is 4. The molecule has 0 fully saturated rings. The maximum absolute atomic E-state index is 11.0. The van der Waals surface area contributed by atoms with Crippen molar-refractivity contribution < 1.29 is 14.4 Å². The number of benzene rings is 1. The minimum atomic E-state index is -0.894. The minimum absolute atomic E-state index is 0.127. The van der Waals surface area contributed by atoms with Crippen LogP contribution in [-0.2, 0) is 14.4 Å². The van der Waals surface area contributed by atoms with Crippen LogP contribution in [0.2, 0.25) is 0 Å². The van der Waals surface area contributed by atoms with Crippen molar-refractivity contribution in [2.75, 3.05) is 11.2 Å².